The molecule has 1 aromatic carbocycles. The van der Waals surface area contributed by atoms with Crippen molar-refractivity contribution in [2.45, 2.75) is 13.5 Å². The molecular weight excluding hydrogens is 250 g/mol. The molecule has 1 atom stereocenters. The summed E-state index contributed by atoms with van der Waals surface area (Å²) in [6.45, 7) is 3.35. The van der Waals surface area contributed by atoms with Gasteiger partial charge in [-0.05, 0) is 6.07 Å². The Hall–Kier alpha value is -1.07. The maximum atomic E-state index is 11.3. The molecule has 1 N–H and O–H groups in total. The normalized spacial score (nSPS) is 12.2. The van der Waals surface area contributed by atoms with E-state index in [-0.39, 0.29) is 0 Å². The number of ether oxygens (including phenoxy) is 2. The second-order valence-electron chi connectivity index (χ2n) is 3.76. The van der Waals surface area contributed by atoms with E-state index in [1.165, 1.54) is 0 Å². The van der Waals surface area contributed by atoms with Gasteiger partial charge in [-0.2, -0.15) is 0 Å². The van der Waals surface area contributed by atoms with Crippen LogP contribution in [0.3, 0.4) is 0 Å². The lowest BCUT2D eigenvalue weighted by atomic mass is 10.2. The van der Waals surface area contributed by atoms with Crippen molar-refractivity contribution in [3.8, 4) is 11.5 Å². The first-order valence-electron chi connectivity index (χ1n) is 5.98. The third-order valence-electron chi connectivity index (χ3n) is 2.63. The fourth-order valence-electron chi connectivity index (χ4n) is 1.65. The lowest BCUT2D eigenvalue weighted by Crippen LogP contribution is -2.21. The van der Waals surface area contributed by atoms with Crippen molar-refractivity contribution < 1.29 is 13.7 Å². The minimum Gasteiger partial charge on any atom is -0.493 e. The van der Waals surface area contributed by atoms with Crippen molar-refractivity contribution in [2.75, 3.05) is 32.3 Å². The Bertz CT molecular complexity index is 396. The zero-order valence-electron chi connectivity index (χ0n) is 11.2. The standard InChI is InChI=1S/C13H21NO3S/c1-4-18(15)9-8-14-10-11-6-5-7-12(16-2)13(11)17-3/h5-7,14H,4,8-10H2,1-3H3. The molecule has 0 saturated carbocycles. The molecule has 0 fully saturated rings. The van der Waals surface area contributed by atoms with Crippen LogP contribution < -0.4 is 14.8 Å². The van der Waals surface area contributed by atoms with Gasteiger partial charge in [0.15, 0.2) is 11.5 Å². The molecule has 102 valence electrons. The predicted octanol–water partition coefficient (Wildman–Crippen LogP) is 1.56. The summed E-state index contributed by atoms with van der Waals surface area (Å²) in [5.41, 5.74) is 1.04. The Kier molecular flexibility index (Phi) is 6.75. The fraction of sp³-hybridized carbons (Fsp3) is 0.538. The SMILES string of the molecule is CCS(=O)CCNCc1cccc(OC)c1OC. The fourth-order valence-corrected chi connectivity index (χ4v) is 2.31. The van der Waals surface area contributed by atoms with Gasteiger partial charge in [0, 0.05) is 41.0 Å². The van der Waals surface area contributed by atoms with Crippen molar-refractivity contribution in [2.24, 2.45) is 0 Å². The van der Waals surface area contributed by atoms with Crippen LogP contribution in [0, 0.1) is 0 Å². The molecule has 4 nitrogen and oxygen atoms in total. The van der Waals surface area contributed by atoms with Gasteiger partial charge in [0.1, 0.15) is 0 Å². The van der Waals surface area contributed by atoms with E-state index in [4.69, 9.17) is 9.47 Å². The van der Waals surface area contributed by atoms with E-state index in [0.717, 1.165) is 23.6 Å². The molecule has 1 unspecified atom stereocenters. The van der Waals surface area contributed by atoms with E-state index in [1.54, 1.807) is 14.2 Å². The van der Waals surface area contributed by atoms with Crippen LogP contribution in [-0.2, 0) is 17.3 Å². The van der Waals surface area contributed by atoms with Crippen molar-refractivity contribution in [1.82, 2.24) is 5.32 Å². The lowest BCUT2D eigenvalue weighted by molar-refractivity contribution is 0.351. The predicted molar refractivity (Wildman–Crippen MR) is 74.8 cm³/mol. The number of para-hydroxylation sites is 1. The highest BCUT2D eigenvalue weighted by molar-refractivity contribution is 7.84. The third-order valence-corrected chi connectivity index (χ3v) is 3.93. The molecule has 0 radical (unpaired) electrons. The molecule has 0 aromatic heterocycles. The number of hydrogen-bond acceptors (Lipinski definition) is 4. The van der Waals surface area contributed by atoms with E-state index in [1.807, 2.05) is 25.1 Å². The highest BCUT2D eigenvalue weighted by atomic mass is 32.2. The van der Waals surface area contributed by atoms with Gasteiger partial charge in [-0.1, -0.05) is 19.1 Å². The summed E-state index contributed by atoms with van der Waals surface area (Å²) >= 11 is 0. The molecule has 18 heavy (non-hydrogen) atoms. The maximum absolute atomic E-state index is 11.3. The van der Waals surface area contributed by atoms with Crippen LogP contribution >= 0.6 is 0 Å². The summed E-state index contributed by atoms with van der Waals surface area (Å²) in [5, 5.41) is 3.26. The van der Waals surface area contributed by atoms with Gasteiger partial charge in [-0.15, -0.1) is 0 Å². The minimum atomic E-state index is -0.716. The summed E-state index contributed by atoms with van der Waals surface area (Å²) in [5.74, 6) is 2.88. The van der Waals surface area contributed by atoms with Gasteiger partial charge in [-0.3, -0.25) is 4.21 Å². The number of nitrogens with one attached hydrogen (secondary N) is 1. The van der Waals surface area contributed by atoms with Crippen LogP contribution in [0.25, 0.3) is 0 Å². The van der Waals surface area contributed by atoms with Crippen LogP contribution in [0.15, 0.2) is 18.2 Å². The summed E-state index contributed by atoms with van der Waals surface area (Å²) < 4.78 is 21.9. The quantitative estimate of drug-likeness (QED) is 0.729. The molecule has 0 aliphatic carbocycles. The van der Waals surface area contributed by atoms with Gasteiger partial charge in [0.25, 0.3) is 0 Å². The van der Waals surface area contributed by atoms with Gasteiger partial charge >= 0.3 is 0 Å². The average molecular weight is 271 g/mol. The topological polar surface area (TPSA) is 47.6 Å². The summed E-state index contributed by atoms with van der Waals surface area (Å²) in [7, 11) is 2.54. The van der Waals surface area contributed by atoms with Crippen molar-refractivity contribution in [3.63, 3.8) is 0 Å². The van der Waals surface area contributed by atoms with Gasteiger partial charge in [-0.25, -0.2) is 0 Å². The van der Waals surface area contributed by atoms with E-state index in [2.05, 4.69) is 5.32 Å². The van der Waals surface area contributed by atoms with Crippen molar-refractivity contribution >= 4 is 10.8 Å². The number of rotatable bonds is 8. The average Bonchev–Trinajstić information content (AvgIpc) is 2.42. The molecule has 1 rings (SSSR count). The second kappa shape index (κ2) is 8.11. The molecular formula is C13H21NO3S. The Balaban J connectivity index is 2.54. The highest BCUT2D eigenvalue weighted by Gasteiger charge is 2.08. The molecule has 0 aliphatic heterocycles. The minimum absolute atomic E-state index is 0.682. The molecule has 0 bridgehead atoms. The summed E-state index contributed by atoms with van der Waals surface area (Å²) in [4.78, 5) is 0. The van der Waals surface area contributed by atoms with E-state index in [0.29, 0.717) is 18.1 Å². The van der Waals surface area contributed by atoms with Gasteiger partial charge < -0.3 is 14.8 Å². The summed E-state index contributed by atoms with van der Waals surface area (Å²) in [6, 6.07) is 5.79. The molecule has 0 amide bonds. The van der Waals surface area contributed by atoms with Crippen molar-refractivity contribution in [1.29, 1.82) is 0 Å². The number of methoxy groups -OCH3 is 2. The largest absolute Gasteiger partial charge is 0.493 e. The molecule has 5 heteroatoms. The van der Waals surface area contributed by atoms with Crippen LogP contribution in [-0.4, -0.2) is 36.5 Å². The Morgan fingerprint density at radius 1 is 1.28 bits per heavy atom. The third kappa shape index (κ3) is 4.31. The second-order valence-corrected chi connectivity index (χ2v) is 5.63. The Labute approximate surface area is 111 Å². The monoisotopic (exact) mass is 271 g/mol. The Morgan fingerprint density at radius 3 is 2.67 bits per heavy atom. The maximum Gasteiger partial charge on any atom is 0.165 e. The Morgan fingerprint density at radius 2 is 2.06 bits per heavy atom. The van der Waals surface area contributed by atoms with Crippen LogP contribution in [0.1, 0.15) is 12.5 Å². The van der Waals surface area contributed by atoms with E-state index >= 15 is 0 Å². The lowest BCUT2D eigenvalue weighted by Gasteiger charge is -2.13. The van der Waals surface area contributed by atoms with E-state index in [9.17, 15) is 4.21 Å². The first-order valence-corrected chi connectivity index (χ1v) is 7.47. The number of benzene rings is 1. The number of hydrogen-bond donors (Lipinski definition) is 1. The molecule has 0 saturated heterocycles. The first-order chi connectivity index (χ1) is 8.72. The van der Waals surface area contributed by atoms with Crippen molar-refractivity contribution in [3.05, 3.63) is 23.8 Å². The molecule has 0 aliphatic rings. The zero-order valence-corrected chi connectivity index (χ0v) is 12.0. The van der Waals surface area contributed by atoms with Gasteiger partial charge in [0.05, 0.1) is 14.2 Å². The van der Waals surface area contributed by atoms with Crippen LogP contribution in [0.4, 0.5) is 0 Å². The molecule has 0 spiro atoms. The highest BCUT2D eigenvalue weighted by Crippen LogP contribution is 2.30. The zero-order chi connectivity index (χ0) is 13.4. The molecule has 0 heterocycles. The van der Waals surface area contributed by atoms with Crippen LogP contribution in [0.5, 0.6) is 11.5 Å². The smallest absolute Gasteiger partial charge is 0.165 e. The first kappa shape index (κ1) is 15.0. The van der Waals surface area contributed by atoms with Crippen LogP contribution in [0.2, 0.25) is 0 Å². The summed E-state index contributed by atoms with van der Waals surface area (Å²) in [6.07, 6.45) is 0. The van der Waals surface area contributed by atoms with E-state index < -0.39 is 10.8 Å². The van der Waals surface area contributed by atoms with Gasteiger partial charge in [0.2, 0.25) is 0 Å². The molecule has 1 aromatic rings.